The molecule has 150 valence electrons. The Bertz CT molecular complexity index is 958. The Labute approximate surface area is 163 Å². The molecule has 28 heavy (non-hydrogen) atoms. The van der Waals surface area contributed by atoms with Crippen LogP contribution in [0.1, 0.15) is 11.1 Å². The third-order valence-electron chi connectivity index (χ3n) is 3.84. The lowest BCUT2D eigenvalue weighted by Crippen LogP contribution is -2.36. The van der Waals surface area contributed by atoms with E-state index in [-0.39, 0.29) is 17.3 Å². The number of carbonyl (C=O) groups is 1. The van der Waals surface area contributed by atoms with Crippen molar-refractivity contribution in [3.8, 4) is 11.5 Å². The fraction of sp³-hybridized carbons (Fsp3) is 0.222. The summed E-state index contributed by atoms with van der Waals surface area (Å²) in [6.45, 7) is -0.210. The highest BCUT2D eigenvalue weighted by Gasteiger charge is 2.16. The number of hydrogen-bond donors (Lipinski definition) is 4. The van der Waals surface area contributed by atoms with Crippen LogP contribution in [-0.4, -0.2) is 40.9 Å². The number of amides is 1. The number of amidine groups is 1. The molecule has 0 spiro atoms. The average molecular weight is 406 g/mol. The maximum absolute atomic E-state index is 12.2. The highest BCUT2D eigenvalue weighted by atomic mass is 32.2. The van der Waals surface area contributed by atoms with Gasteiger partial charge in [0.05, 0.1) is 25.7 Å². The summed E-state index contributed by atoms with van der Waals surface area (Å²) in [6, 6.07) is 10.7. The predicted molar refractivity (Wildman–Crippen MR) is 104 cm³/mol. The molecule has 2 rings (SSSR count). The number of methoxy groups -OCH3 is 2. The number of nitrogens with one attached hydrogen (secondary N) is 3. The van der Waals surface area contributed by atoms with Crippen LogP contribution in [-0.2, 0) is 21.4 Å². The van der Waals surface area contributed by atoms with Crippen LogP contribution in [0.3, 0.4) is 0 Å². The molecule has 0 aliphatic rings. The van der Waals surface area contributed by atoms with E-state index in [0.29, 0.717) is 17.1 Å². The number of hydrogen-bond acceptors (Lipinski definition) is 6. The molecular formula is C18H22N4O5S. The molecule has 0 aromatic heterocycles. The Morgan fingerprint density at radius 2 is 1.71 bits per heavy atom. The molecular weight excluding hydrogens is 384 g/mol. The molecule has 0 saturated heterocycles. The van der Waals surface area contributed by atoms with E-state index in [1.165, 1.54) is 38.5 Å². The second-order valence-electron chi connectivity index (χ2n) is 5.73. The van der Waals surface area contributed by atoms with Gasteiger partial charge in [-0.05, 0) is 42.0 Å². The third-order valence-corrected chi connectivity index (χ3v) is 5.25. The van der Waals surface area contributed by atoms with Crippen LogP contribution in [0.5, 0.6) is 11.5 Å². The zero-order chi connectivity index (χ0) is 20.7. The number of carbonyl (C=O) groups excluding carboxylic acids is 1. The van der Waals surface area contributed by atoms with Crippen molar-refractivity contribution in [3.05, 3.63) is 53.6 Å². The molecule has 10 heteroatoms. The molecule has 0 fully saturated rings. The summed E-state index contributed by atoms with van der Waals surface area (Å²) in [4.78, 5) is 12.0. The van der Waals surface area contributed by atoms with Crippen molar-refractivity contribution >= 4 is 21.8 Å². The number of nitrogen functional groups attached to an aromatic ring is 1. The standard InChI is InChI=1S/C18H22N4O5S/c1-26-15-8-3-12(9-16(15)27-2)10-21-17(23)11-22-28(24,25)14-6-4-13(5-7-14)18(19)20/h3-9,22H,10-11H2,1-2H3,(H3,19,20)(H,21,23). The van der Waals surface area contributed by atoms with Gasteiger partial charge in [0, 0.05) is 12.1 Å². The zero-order valence-electron chi connectivity index (χ0n) is 15.5. The van der Waals surface area contributed by atoms with Crippen LogP contribution in [0, 0.1) is 5.41 Å². The first-order valence-electron chi connectivity index (χ1n) is 8.18. The molecule has 0 atom stereocenters. The summed E-state index contributed by atoms with van der Waals surface area (Å²) < 4.78 is 37.1. The molecule has 0 bridgehead atoms. The van der Waals surface area contributed by atoms with E-state index in [1.54, 1.807) is 18.2 Å². The molecule has 9 nitrogen and oxygen atoms in total. The molecule has 2 aromatic carbocycles. The van der Waals surface area contributed by atoms with Gasteiger partial charge in [0.15, 0.2) is 11.5 Å². The van der Waals surface area contributed by atoms with Gasteiger partial charge in [-0.1, -0.05) is 6.07 Å². The average Bonchev–Trinajstić information content (AvgIpc) is 2.70. The topological polar surface area (TPSA) is 144 Å². The molecule has 5 N–H and O–H groups in total. The number of benzene rings is 2. The molecule has 2 aromatic rings. The van der Waals surface area contributed by atoms with Crippen LogP contribution in [0.4, 0.5) is 0 Å². The Kier molecular flexibility index (Phi) is 6.96. The van der Waals surface area contributed by atoms with E-state index in [4.69, 9.17) is 20.6 Å². The van der Waals surface area contributed by atoms with Crippen molar-refractivity contribution in [2.75, 3.05) is 20.8 Å². The molecule has 0 unspecified atom stereocenters. The maximum Gasteiger partial charge on any atom is 0.241 e. The Morgan fingerprint density at radius 3 is 2.29 bits per heavy atom. The number of sulfonamides is 1. The van der Waals surface area contributed by atoms with Gasteiger partial charge in [-0.25, -0.2) is 13.1 Å². The van der Waals surface area contributed by atoms with E-state index in [0.717, 1.165) is 5.56 Å². The minimum atomic E-state index is -3.86. The Hall–Kier alpha value is -3.11. The number of rotatable bonds is 9. The zero-order valence-corrected chi connectivity index (χ0v) is 16.3. The highest BCUT2D eigenvalue weighted by Crippen LogP contribution is 2.27. The highest BCUT2D eigenvalue weighted by molar-refractivity contribution is 7.89. The van der Waals surface area contributed by atoms with Crippen molar-refractivity contribution in [2.24, 2.45) is 5.73 Å². The first-order valence-corrected chi connectivity index (χ1v) is 9.67. The van der Waals surface area contributed by atoms with Gasteiger partial charge in [0.2, 0.25) is 15.9 Å². The minimum Gasteiger partial charge on any atom is -0.493 e. The second kappa shape index (κ2) is 9.20. The van der Waals surface area contributed by atoms with E-state index >= 15 is 0 Å². The normalized spacial score (nSPS) is 10.9. The van der Waals surface area contributed by atoms with Crippen LogP contribution >= 0.6 is 0 Å². The van der Waals surface area contributed by atoms with Crippen molar-refractivity contribution in [1.82, 2.24) is 10.0 Å². The van der Waals surface area contributed by atoms with Crippen molar-refractivity contribution in [3.63, 3.8) is 0 Å². The van der Waals surface area contributed by atoms with Crippen molar-refractivity contribution in [2.45, 2.75) is 11.4 Å². The fourth-order valence-corrected chi connectivity index (χ4v) is 3.29. The Balaban J connectivity index is 1.92. The quantitative estimate of drug-likeness (QED) is 0.354. The molecule has 0 aliphatic carbocycles. The van der Waals surface area contributed by atoms with Crippen LogP contribution in [0.25, 0.3) is 0 Å². The first kappa shape index (κ1) is 21.2. The number of ether oxygens (including phenoxy) is 2. The summed E-state index contributed by atoms with van der Waals surface area (Å²) in [7, 11) is -0.820. The molecule has 0 radical (unpaired) electrons. The second-order valence-corrected chi connectivity index (χ2v) is 7.50. The maximum atomic E-state index is 12.2. The van der Waals surface area contributed by atoms with Crippen LogP contribution < -0.4 is 25.2 Å². The smallest absolute Gasteiger partial charge is 0.241 e. The van der Waals surface area contributed by atoms with E-state index in [9.17, 15) is 13.2 Å². The Morgan fingerprint density at radius 1 is 1.07 bits per heavy atom. The van der Waals surface area contributed by atoms with Gasteiger partial charge in [0.1, 0.15) is 5.84 Å². The fourth-order valence-electron chi connectivity index (χ4n) is 2.31. The van der Waals surface area contributed by atoms with Crippen molar-refractivity contribution < 1.29 is 22.7 Å². The first-order chi connectivity index (χ1) is 13.3. The predicted octanol–water partition coefficient (Wildman–Crippen LogP) is 0.583. The summed E-state index contributed by atoms with van der Waals surface area (Å²) in [6.07, 6.45) is 0. The summed E-state index contributed by atoms with van der Waals surface area (Å²) in [5.74, 6) is 0.454. The van der Waals surface area contributed by atoms with Gasteiger partial charge >= 0.3 is 0 Å². The molecule has 0 heterocycles. The van der Waals surface area contributed by atoms with E-state index < -0.39 is 22.5 Å². The molecule has 1 amide bonds. The van der Waals surface area contributed by atoms with Crippen LogP contribution in [0.15, 0.2) is 47.4 Å². The minimum absolute atomic E-state index is 0.0230. The lowest BCUT2D eigenvalue weighted by Gasteiger charge is -2.11. The van der Waals surface area contributed by atoms with Gasteiger partial charge in [-0.2, -0.15) is 0 Å². The van der Waals surface area contributed by atoms with Gasteiger partial charge in [-0.15, -0.1) is 0 Å². The monoisotopic (exact) mass is 406 g/mol. The molecule has 0 saturated carbocycles. The van der Waals surface area contributed by atoms with E-state index in [1.807, 2.05) is 0 Å². The largest absolute Gasteiger partial charge is 0.493 e. The summed E-state index contributed by atoms with van der Waals surface area (Å²) in [5, 5.41) is 9.94. The SMILES string of the molecule is COc1ccc(CNC(=O)CNS(=O)(=O)c2ccc(C(=N)N)cc2)cc1OC. The lowest BCUT2D eigenvalue weighted by atomic mass is 10.2. The van der Waals surface area contributed by atoms with Gasteiger partial charge in [0.25, 0.3) is 0 Å². The number of nitrogens with two attached hydrogens (primary N) is 1. The van der Waals surface area contributed by atoms with Gasteiger partial charge in [-0.3, -0.25) is 10.2 Å². The third kappa shape index (κ3) is 5.44. The summed E-state index contributed by atoms with van der Waals surface area (Å²) in [5.41, 5.74) is 6.52. The lowest BCUT2D eigenvalue weighted by molar-refractivity contribution is -0.120. The van der Waals surface area contributed by atoms with Crippen LogP contribution in [0.2, 0.25) is 0 Å². The van der Waals surface area contributed by atoms with Gasteiger partial charge < -0.3 is 20.5 Å². The van der Waals surface area contributed by atoms with E-state index in [2.05, 4.69) is 10.0 Å². The molecule has 0 aliphatic heterocycles. The van der Waals surface area contributed by atoms with Crippen molar-refractivity contribution in [1.29, 1.82) is 5.41 Å². The summed E-state index contributed by atoms with van der Waals surface area (Å²) >= 11 is 0.